The molecule has 0 aliphatic heterocycles. The molecule has 0 atom stereocenters. The third-order valence-electron chi connectivity index (χ3n) is 6.33. The van der Waals surface area contributed by atoms with Crippen molar-refractivity contribution in [2.75, 3.05) is 0 Å². The molecule has 3 aromatic heterocycles. The molecule has 0 unspecified atom stereocenters. The van der Waals surface area contributed by atoms with Gasteiger partial charge in [-0.3, -0.25) is 4.79 Å². The number of aromatic nitrogens is 1. The zero-order valence-electron chi connectivity index (χ0n) is 22.4. The average molecular weight is 695 g/mol. The molecule has 0 aliphatic carbocycles. The normalized spacial score (nSPS) is 11.4. The van der Waals surface area contributed by atoms with Gasteiger partial charge in [0.05, 0.1) is 11.3 Å². The van der Waals surface area contributed by atoms with Crippen LogP contribution >= 0.6 is 0 Å². The van der Waals surface area contributed by atoms with Crippen LogP contribution < -0.4 is 0 Å². The van der Waals surface area contributed by atoms with E-state index in [0.717, 1.165) is 55.5 Å². The monoisotopic (exact) mass is 695 g/mol. The quantitative estimate of drug-likeness (QED) is 0.114. The van der Waals surface area contributed by atoms with E-state index in [1.807, 2.05) is 42.6 Å². The molecule has 0 aliphatic rings. The van der Waals surface area contributed by atoms with E-state index >= 15 is 0 Å². The summed E-state index contributed by atoms with van der Waals surface area (Å²) in [5.41, 5.74) is 8.93. The maximum atomic E-state index is 10.0. The third-order valence-corrected chi connectivity index (χ3v) is 6.33. The van der Waals surface area contributed by atoms with Gasteiger partial charge in [-0.15, -0.1) is 18.2 Å². The Hall–Kier alpha value is -3.99. The van der Waals surface area contributed by atoms with Crippen LogP contribution in [0.5, 0.6) is 0 Å². The summed E-state index contributed by atoms with van der Waals surface area (Å²) in [5, 5.41) is 11.5. The number of rotatable bonds is 3. The predicted octanol–water partition coefficient (Wildman–Crippen LogP) is 8.82. The van der Waals surface area contributed by atoms with Crippen molar-refractivity contribution >= 4 is 38.7 Å². The number of hydrogen-bond donors (Lipinski definition) is 1. The Kier molecular flexibility index (Phi) is 8.19. The van der Waals surface area contributed by atoms with E-state index < -0.39 is 0 Å². The molecular formula is C33H28IrNO4-. The van der Waals surface area contributed by atoms with Crippen LogP contribution in [0.15, 0.2) is 87.5 Å². The van der Waals surface area contributed by atoms with Crippen molar-refractivity contribution in [2.45, 2.75) is 34.6 Å². The first-order chi connectivity index (χ1) is 18.2. The van der Waals surface area contributed by atoms with Crippen LogP contribution in [0, 0.1) is 26.8 Å². The van der Waals surface area contributed by atoms with Gasteiger partial charge in [0.25, 0.3) is 0 Å². The minimum Gasteiger partial charge on any atom is -0.512 e. The third kappa shape index (κ3) is 5.73. The molecule has 3 heterocycles. The minimum absolute atomic E-state index is 0. The zero-order chi connectivity index (χ0) is 27.0. The Morgan fingerprint density at radius 3 is 2.31 bits per heavy atom. The van der Waals surface area contributed by atoms with Gasteiger partial charge in [0, 0.05) is 48.7 Å². The topological polar surface area (TPSA) is 76.5 Å². The maximum Gasteiger partial charge on any atom is 0.155 e. The molecule has 0 saturated carbocycles. The number of carbonyl (C=O) groups excluding carboxylic acids is 1. The molecule has 0 amide bonds. The summed E-state index contributed by atoms with van der Waals surface area (Å²) in [4.78, 5) is 14.7. The Bertz CT molecular complexity index is 1830. The number of fused-ring (bicyclic) bond motifs is 4. The van der Waals surface area contributed by atoms with E-state index in [4.69, 9.17) is 18.9 Å². The predicted molar refractivity (Wildman–Crippen MR) is 152 cm³/mol. The maximum absolute atomic E-state index is 10.0. The molecule has 3 aromatic carbocycles. The molecular weight excluding hydrogens is 667 g/mol. The molecule has 0 saturated heterocycles. The van der Waals surface area contributed by atoms with Gasteiger partial charge in [0.15, 0.2) is 5.78 Å². The van der Waals surface area contributed by atoms with Crippen molar-refractivity contribution in [3.8, 4) is 22.6 Å². The SMILES string of the molecule is CC(=O)/C=C(/C)O.Cc1cc(C)c(-c2cc3cnc(-c4[c-]ccc5c4oc4ccccc45)cc3o2)c(C)c1.[Ir]. The van der Waals surface area contributed by atoms with Crippen molar-refractivity contribution in [2.24, 2.45) is 0 Å². The van der Waals surface area contributed by atoms with Crippen molar-refractivity contribution in [1.82, 2.24) is 4.98 Å². The molecule has 5 nitrogen and oxygen atoms in total. The van der Waals surface area contributed by atoms with E-state index in [9.17, 15) is 4.79 Å². The van der Waals surface area contributed by atoms with Gasteiger partial charge in [0.2, 0.25) is 0 Å². The minimum atomic E-state index is -0.125. The van der Waals surface area contributed by atoms with Crippen molar-refractivity contribution in [3.05, 3.63) is 101 Å². The van der Waals surface area contributed by atoms with Crippen LogP contribution in [0.25, 0.3) is 55.5 Å². The Morgan fingerprint density at radius 1 is 0.923 bits per heavy atom. The van der Waals surface area contributed by atoms with E-state index in [-0.39, 0.29) is 31.6 Å². The molecule has 1 radical (unpaired) electrons. The number of para-hydroxylation sites is 1. The van der Waals surface area contributed by atoms with Gasteiger partial charge < -0.3 is 18.9 Å². The summed E-state index contributed by atoms with van der Waals surface area (Å²) in [5.74, 6) is 0.808. The molecule has 6 aromatic rings. The molecule has 0 spiro atoms. The second-order valence-electron chi connectivity index (χ2n) is 9.58. The first kappa shape index (κ1) is 28.0. The van der Waals surface area contributed by atoms with Gasteiger partial charge in [-0.05, 0) is 69.6 Å². The van der Waals surface area contributed by atoms with Crippen LogP contribution in [-0.4, -0.2) is 15.9 Å². The van der Waals surface area contributed by atoms with Crippen molar-refractivity contribution in [1.29, 1.82) is 0 Å². The number of furan rings is 2. The van der Waals surface area contributed by atoms with E-state index in [1.54, 1.807) is 0 Å². The number of aliphatic hydroxyl groups is 1. The zero-order valence-corrected chi connectivity index (χ0v) is 24.8. The van der Waals surface area contributed by atoms with Gasteiger partial charge in [0.1, 0.15) is 16.9 Å². The first-order valence-electron chi connectivity index (χ1n) is 12.4. The number of ketones is 1. The number of allylic oxidation sites excluding steroid dienone is 2. The average Bonchev–Trinajstić information content (AvgIpc) is 3.43. The molecule has 0 bridgehead atoms. The molecule has 0 fully saturated rings. The van der Waals surface area contributed by atoms with Crippen LogP contribution in [-0.2, 0) is 24.9 Å². The Labute approximate surface area is 240 Å². The van der Waals surface area contributed by atoms with Crippen molar-refractivity contribution < 1.29 is 38.8 Å². The Balaban J connectivity index is 0.000000394. The smallest absolute Gasteiger partial charge is 0.155 e. The summed E-state index contributed by atoms with van der Waals surface area (Å²) in [6, 6.07) is 23.8. The summed E-state index contributed by atoms with van der Waals surface area (Å²) >= 11 is 0. The number of nitrogens with zero attached hydrogens (tertiary/aromatic N) is 1. The van der Waals surface area contributed by atoms with Crippen LogP contribution in [0.1, 0.15) is 30.5 Å². The fourth-order valence-corrected chi connectivity index (χ4v) is 4.94. The first-order valence-corrected chi connectivity index (χ1v) is 12.4. The van der Waals surface area contributed by atoms with Gasteiger partial charge in [-0.1, -0.05) is 46.8 Å². The summed E-state index contributed by atoms with van der Waals surface area (Å²) in [6.45, 7) is 9.22. The van der Waals surface area contributed by atoms with Gasteiger partial charge in [-0.2, -0.15) is 0 Å². The summed E-state index contributed by atoms with van der Waals surface area (Å²) < 4.78 is 12.5. The van der Waals surface area contributed by atoms with E-state index in [0.29, 0.717) is 0 Å². The molecule has 39 heavy (non-hydrogen) atoms. The number of pyridine rings is 1. The number of hydrogen-bond acceptors (Lipinski definition) is 5. The van der Waals surface area contributed by atoms with Crippen molar-refractivity contribution in [3.63, 3.8) is 0 Å². The number of benzene rings is 3. The summed E-state index contributed by atoms with van der Waals surface area (Å²) in [6.07, 6.45) is 3.03. The van der Waals surface area contributed by atoms with E-state index in [1.165, 1.54) is 36.6 Å². The largest absolute Gasteiger partial charge is 0.512 e. The van der Waals surface area contributed by atoms with E-state index in [2.05, 4.69) is 51.1 Å². The molecule has 6 rings (SSSR count). The fraction of sp³-hybridized carbons (Fsp3) is 0.152. The van der Waals surface area contributed by atoms with Crippen LogP contribution in [0.4, 0.5) is 0 Å². The number of carbonyl (C=O) groups is 1. The van der Waals surface area contributed by atoms with Gasteiger partial charge in [-0.25, -0.2) is 0 Å². The summed E-state index contributed by atoms with van der Waals surface area (Å²) in [7, 11) is 0. The van der Waals surface area contributed by atoms with Gasteiger partial charge >= 0.3 is 0 Å². The number of aryl methyl sites for hydroxylation is 3. The second kappa shape index (κ2) is 11.4. The molecule has 199 valence electrons. The fourth-order valence-electron chi connectivity index (χ4n) is 4.94. The molecule has 6 heteroatoms. The Morgan fingerprint density at radius 2 is 1.64 bits per heavy atom. The standard InChI is InChI=1S/C28H20NO2.C5H8O2.Ir/c1-16-11-17(2)27(18(3)12-16)26-13-19-15-29-23(14-25(19)30-26)22-9-6-8-21-20-7-4-5-10-24(20)31-28(21)22;1-4(6)3-5(2)7;/h4-8,10-15H,1-3H3;3,6H,1-2H3;/q-1;;/b;4-3-;. The second-order valence-corrected chi connectivity index (χ2v) is 9.58. The van der Waals surface area contributed by atoms with Crippen LogP contribution in [0.2, 0.25) is 0 Å². The number of aliphatic hydroxyl groups excluding tert-OH is 1. The molecule has 1 N–H and O–H groups in total. The van der Waals surface area contributed by atoms with Crippen LogP contribution in [0.3, 0.4) is 0 Å².